The standard InChI is InChI=1S/C20H19FN4O/c21-17-5-3-16(4-6-17)20(7-8-20)19(26)25-12-10-24(11-13-25)18-15(14-22)2-1-9-23-18/h1-6,9H,7-8,10-13H2. The molecular weight excluding hydrogens is 331 g/mol. The Morgan fingerprint density at radius 1 is 1.12 bits per heavy atom. The quantitative estimate of drug-likeness (QED) is 0.853. The van der Waals surface area contributed by atoms with E-state index in [4.69, 9.17) is 0 Å². The molecule has 0 atom stereocenters. The van der Waals surface area contributed by atoms with Gasteiger partial charge in [-0.1, -0.05) is 12.1 Å². The van der Waals surface area contributed by atoms with Gasteiger partial charge in [-0.25, -0.2) is 9.37 Å². The lowest BCUT2D eigenvalue weighted by atomic mass is 9.94. The van der Waals surface area contributed by atoms with Crippen LogP contribution in [0.4, 0.5) is 10.2 Å². The van der Waals surface area contributed by atoms with Gasteiger partial charge in [-0.2, -0.15) is 5.26 Å². The first-order chi connectivity index (χ1) is 12.6. The average Bonchev–Trinajstić information content (AvgIpc) is 3.50. The zero-order valence-electron chi connectivity index (χ0n) is 14.4. The lowest BCUT2D eigenvalue weighted by Crippen LogP contribution is -2.52. The molecule has 2 aromatic rings. The molecule has 2 fully saturated rings. The number of hydrogen-bond acceptors (Lipinski definition) is 4. The van der Waals surface area contributed by atoms with Crippen molar-refractivity contribution in [1.82, 2.24) is 9.88 Å². The molecule has 1 aliphatic carbocycles. The highest BCUT2D eigenvalue weighted by Gasteiger charge is 2.53. The fourth-order valence-corrected chi connectivity index (χ4v) is 3.68. The summed E-state index contributed by atoms with van der Waals surface area (Å²) >= 11 is 0. The Morgan fingerprint density at radius 2 is 1.81 bits per heavy atom. The summed E-state index contributed by atoms with van der Waals surface area (Å²) in [4.78, 5) is 21.4. The Kier molecular flexibility index (Phi) is 4.08. The summed E-state index contributed by atoms with van der Waals surface area (Å²) in [7, 11) is 0. The van der Waals surface area contributed by atoms with Gasteiger partial charge in [0.1, 0.15) is 17.7 Å². The number of nitriles is 1. The van der Waals surface area contributed by atoms with Gasteiger partial charge in [-0.15, -0.1) is 0 Å². The predicted molar refractivity (Wildman–Crippen MR) is 95.1 cm³/mol. The molecule has 6 heteroatoms. The maximum atomic E-state index is 13.2. The van der Waals surface area contributed by atoms with Crippen molar-refractivity contribution in [2.45, 2.75) is 18.3 Å². The first-order valence-corrected chi connectivity index (χ1v) is 8.79. The molecule has 5 nitrogen and oxygen atoms in total. The molecule has 1 saturated carbocycles. The van der Waals surface area contributed by atoms with Crippen LogP contribution >= 0.6 is 0 Å². The van der Waals surface area contributed by atoms with Crippen molar-refractivity contribution in [3.05, 3.63) is 59.5 Å². The smallest absolute Gasteiger partial charge is 0.233 e. The molecule has 0 unspecified atom stereocenters. The molecule has 26 heavy (non-hydrogen) atoms. The van der Waals surface area contributed by atoms with Crippen molar-refractivity contribution < 1.29 is 9.18 Å². The number of benzene rings is 1. The molecule has 1 aromatic carbocycles. The molecule has 132 valence electrons. The molecule has 1 saturated heterocycles. The van der Waals surface area contributed by atoms with Crippen LogP contribution in [0.1, 0.15) is 24.0 Å². The van der Waals surface area contributed by atoms with E-state index in [1.807, 2.05) is 4.90 Å². The van der Waals surface area contributed by atoms with Crippen LogP contribution in [-0.2, 0) is 10.2 Å². The summed E-state index contributed by atoms with van der Waals surface area (Å²) in [5.74, 6) is 0.529. The number of halogens is 1. The molecule has 1 amide bonds. The number of piperazine rings is 1. The van der Waals surface area contributed by atoms with Crippen LogP contribution < -0.4 is 4.90 Å². The van der Waals surface area contributed by atoms with Crippen LogP contribution in [0.5, 0.6) is 0 Å². The Hall–Kier alpha value is -2.94. The highest BCUT2D eigenvalue weighted by molar-refractivity contribution is 5.91. The van der Waals surface area contributed by atoms with Crippen LogP contribution in [0.25, 0.3) is 0 Å². The van der Waals surface area contributed by atoms with Crippen molar-refractivity contribution in [3.8, 4) is 6.07 Å². The maximum Gasteiger partial charge on any atom is 0.233 e. The molecule has 0 N–H and O–H groups in total. The Bertz CT molecular complexity index is 862. The van der Waals surface area contributed by atoms with Crippen molar-refractivity contribution in [3.63, 3.8) is 0 Å². The Balaban J connectivity index is 1.46. The van der Waals surface area contributed by atoms with E-state index < -0.39 is 5.41 Å². The topological polar surface area (TPSA) is 60.2 Å². The highest BCUT2D eigenvalue weighted by atomic mass is 19.1. The number of hydrogen-bond donors (Lipinski definition) is 0. The molecule has 0 spiro atoms. The van der Waals surface area contributed by atoms with Gasteiger partial charge in [-0.05, 0) is 42.7 Å². The predicted octanol–water partition coefficient (Wildman–Crippen LogP) is 2.47. The van der Waals surface area contributed by atoms with Gasteiger partial charge in [0, 0.05) is 32.4 Å². The largest absolute Gasteiger partial charge is 0.352 e. The minimum Gasteiger partial charge on any atom is -0.352 e. The SMILES string of the molecule is N#Cc1cccnc1N1CCN(C(=O)C2(c3ccc(F)cc3)CC2)CC1. The third-order valence-corrected chi connectivity index (χ3v) is 5.33. The summed E-state index contributed by atoms with van der Waals surface area (Å²) in [5, 5.41) is 9.24. The second-order valence-electron chi connectivity index (χ2n) is 6.85. The van der Waals surface area contributed by atoms with E-state index in [-0.39, 0.29) is 11.7 Å². The van der Waals surface area contributed by atoms with Gasteiger partial charge in [0.2, 0.25) is 5.91 Å². The van der Waals surface area contributed by atoms with E-state index in [1.54, 1.807) is 30.5 Å². The lowest BCUT2D eigenvalue weighted by molar-refractivity contribution is -0.134. The summed E-state index contributed by atoms with van der Waals surface area (Å²) in [5.41, 5.74) is 0.985. The average molecular weight is 350 g/mol. The van der Waals surface area contributed by atoms with Crippen LogP contribution in [0, 0.1) is 17.1 Å². The van der Waals surface area contributed by atoms with E-state index in [2.05, 4.69) is 16.0 Å². The molecule has 1 aliphatic heterocycles. The van der Waals surface area contributed by atoms with E-state index in [0.717, 1.165) is 18.4 Å². The lowest BCUT2D eigenvalue weighted by Gasteiger charge is -2.37. The first-order valence-electron chi connectivity index (χ1n) is 8.79. The number of pyridine rings is 1. The molecule has 2 aliphatic rings. The van der Waals surface area contributed by atoms with Crippen LogP contribution in [-0.4, -0.2) is 42.0 Å². The monoisotopic (exact) mass is 350 g/mol. The molecule has 0 radical (unpaired) electrons. The first kappa shape index (κ1) is 16.5. The summed E-state index contributed by atoms with van der Waals surface area (Å²) < 4.78 is 13.2. The number of carbonyl (C=O) groups is 1. The molecule has 0 bridgehead atoms. The molecule has 4 rings (SSSR count). The zero-order chi connectivity index (χ0) is 18.1. The summed E-state index contributed by atoms with van der Waals surface area (Å²) in [6.45, 7) is 2.50. The van der Waals surface area contributed by atoms with E-state index in [9.17, 15) is 14.4 Å². The third kappa shape index (κ3) is 2.80. The van der Waals surface area contributed by atoms with E-state index >= 15 is 0 Å². The number of carbonyl (C=O) groups excluding carboxylic acids is 1. The maximum absolute atomic E-state index is 13.2. The fourth-order valence-electron chi connectivity index (χ4n) is 3.68. The molecule has 1 aromatic heterocycles. The van der Waals surface area contributed by atoms with Gasteiger partial charge in [0.25, 0.3) is 0 Å². The fraction of sp³-hybridized carbons (Fsp3) is 0.350. The van der Waals surface area contributed by atoms with Crippen molar-refractivity contribution >= 4 is 11.7 Å². The minimum atomic E-state index is -0.474. The molecular formula is C20H19FN4O. The van der Waals surface area contributed by atoms with Gasteiger partial charge >= 0.3 is 0 Å². The van der Waals surface area contributed by atoms with E-state index in [0.29, 0.717) is 37.6 Å². The molecule has 2 heterocycles. The van der Waals surface area contributed by atoms with Crippen molar-refractivity contribution in [2.24, 2.45) is 0 Å². The Morgan fingerprint density at radius 3 is 2.42 bits per heavy atom. The van der Waals surface area contributed by atoms with Crippen LogP contribution in [0.15, 0.2) is 42.6 Å². The minimum absolute atomic E-state index is 0.130. The van der Waals surface area contributed by atoms with E-state index in [1.165, 1.54) is 12.1 Å². The van der Waals surface area contributed by atoms with Crippen LogP contribution in [0.2, 0.25) is 0 Å². The van der Waals surface area contributed by atoms with Gasteiger partial charge < -0.3 is 9.80 Å². The van der Waals surface area contributed by atoms with Crippen molar-refractivity contribution in [1.29, 1.82) is 5.26 Å². The number of amides is 1. The second kappa shape index (κ2) is 6.41. The third-order valence-electron chi connectivity index (χ3n) is 5.33. The normalized spacial score (nSPS) is 18.3. The summed E-state index contributed by atoms with van der Waals surface area (Å²) in [6, 6.07) is 12.0. The van der Waals surface area contributed by atoms with Crippen LogP contribution in [0.3, 0.4) is 0 Å². The number of nitrogens with zero attached hydrogens (tertiary/aromatic N) is 4. The van der Waals surface area contributed by atoms with Crippen molar-refractivity contribution in [2.75, 3.05) is 31.1 Å². The number of anilines is 1. The summed E-state index contributed by atoms with van der Waals surface area (Å²) in [6.07, 6.45) is 3.31. The zero-order valence-corrected chi connectivity index (χ0v) is 14.4. The number of aromatic nitrogens is 1. The second-order valence-corrected chi connectivity index (χ2v) is 6.85. The highest BCUT2D eigenvalue weighted by Crippen LogP contribution is 2.49. The van der Waals surface area contributed by atoms with Gasteiger partial charge in [0.15, 0.2) is 0 Å². The Labute approximate surface area is 151 Å². The number of rotatable bonds is 3. The van der Waals surface area contributed by atoms with Gasteiger partial charge in [0.05, 0.1) is 11.0 Å². The van der Waals surface area contributed by atoms with Gasteiger partial charge in [-0.3, -0.25) is 4.79 Å².